The van der Waals surface area contributed by atoms with Gasteiger partial charge in [0.25, 0.3) is 5.91 Å². The Hall–Kier alpha value is -3.34. The summed E-state index contributed by atoms with van der Waals surface area (Å²) in [5.74, 6) is 1.37. The van der Waals surface area contributed by atoms with Crippen LogP contribution in [0, 0.1) is 6.92 Å². The number of aryl methyl sites for hydroxylation is 2. The number of ether oxygens (including phenoxy) is 1. The van der Waals surface area contributed by atoms with Crippen LogP contribution in [0.5, 0.6) is 11.5 Å². The van der Waals surface area contributed by atoms with Gasteiger partial charge >= 0.3 is 0 Å². The Bertz CT molecular complexity index is 938. The smallest absolute Gasteiger partial charge is 0.259 e. The van der Waals surface area contributed by atoms with Crippen LogP contribution in [-0.4, -0.2) is 10.9 Å². The minimum Gasteiger partial charge on any atom is -0.457 e. The molecule has 3 rings (SSSR count). The number of rotatable bonds is 5. The largest absolute Gasteiger partial charge is 0.457 e. The lowest BCUT2D eigenvalue weighted by Gasteiger charge is -2.12. The van der Waals surface area contributed by atoms with Crippen molar-refractivity contribution in [2.45, 2.75) is 20.3 Å². The summed E-state index contributed by atoms with van der Waals surface area (Å²) in [5, 5.41) is 2.83. The molecule has 0 bridgehead atoms. The van der Waals surface area contributed by atoms with Crippen molar-refractivity contribution in [2.75, 3.05) is 11.1 Å². The van der Waals surface area contributed by atoms with Gasteiger partial charge in [-0.25, -0.2) is 4.98 Å². The number of hydrogen-bond donors (Lipinski definition) is 2. The minimum absolute atomic E-state index is 0.215. The fraction of sp³-hybridized carbons (Fsp3) is 0.143. The third-order valence-corrected chi connectivity index (χ3v) is 3.98. The number of hydrogen-bond acceptors (Lipinski definition) is 4. The molecule has 5 heteroatoms. The van der Waals surface area contributed by atoms with Crippen LogP contribution in [0.4, 0.5) is 11.5 Å². The van der Waals surface area contributed by atoms with Crippen molar-refractivity contribution in [1.82, 2.24) is 4.98 Å². The molecule has 5 nitrogen and oxygen atoms in total. The van der Waals surface area contributed by atoms with E-state index in [1.807, 2.05) is 43.3 Å². The number of para-hydroxylation sites is 1. The number of carbonyl (C=O) groups excluding carboxylic acids is 1. The molecule has 0 atom stereocenters. The average Bonchev–Trinajstić information content (AvgIpc) is 2.62. The predicted octanol–water partition coefficient (Wildman–Crippen LogP) is 4.58. The van der Waals surface area contributed by atoms with Gasteiger partial charge in [0.2, 0.25) is 0 Å². The summed E-state index contributed by atoms with van der Waals surface area (Å²) >= 11 is 0. The minimum atomic E-state index is -0.305. The number of nitrogens with zero attached hydrogens (tertiary/aromatic N) is 1. The number of nitrogens with one attached hydrogen (secondary N) is 1. The molecule has 0 aliphatic heterocycles. The molecule has 0 saturated heterocycles. The van der Waals surface area contributed by atoms with Gasteiger partial charge < -0.3 is 15.8 Å². The Morgan fingerprint density at radius 2 is 1.92 bits per heavy atom. The van der Waals surface area contributed by atoms with Gasteiger partial charge in [-0.05, 0) is 49.2 Å². The zero-order valence-electron chi connectivity index (χ0n) is 14.8. The highest BCUT2D eigenvalue weighted by Gasteiger charge is 2.12. The molecule has 0 saturated carbocycles. The van der Waals surface area contributed by atoms with Crippen LogP contribution in [-0.2, 0) is 6.42 Å². The second kappa shape index (κ2) is 7.70. The monoisotopic (exact) mass is 347 g/mol. The zero-order valence-corrected chi connectivity index (χ0v) is 14.8. The molecule has 0 unspecified atom stereocenters. The number of nitrogen functional groups attached to an aromatic ring is 1. The van der Waals surface area contributed by atoms with Gasteiger partial charge in [0.1, 0.15) is 17.3 Å². The highest BCUT2D eigenvalue weighted by atomic mass is 16.5. The number of nitrogens with two attached hydrogens (primary N) is 1. The molecular formula is C21H21N3O2. The van der Waals surface area contributed by atoms with Crippen LogP contribution in [0.15, 0.2) is 60.7 Å². The first kappa shape index (κ1) is 17.5. The first-order valence-electron chi connectivity index (χ1n) is 8.47. The van der Waals surface area contributed by atoms with E-state index in [0.29, 0.717) is 17.0 Å². The van der Waals surface area contributed by atoms with Crippen LogP contribution < -0.4 is 15.8 Å². The maximum Gasteiger partial charge on any atom is 0.259 e. The Morgan fingerprint density at radius 3 is 2.69 bits per heavy atom. The van der Waals surface area contributed by atoms with Crippen LogP contribution in [0.2, 0.25) is 0 Å². The molecule has 0 aliphatic carbocycles. The van der Waals surface area contributed by atoms with Gasteiger partial charge in [-0.15, -0.1) is 0 Å². The summed E-state index contributed by atoms with van der Waals surface area (Å²) in [6.45, 7) is 3.91. The summed E-state index contributed by atoms with van der Waals surface area (Å²) < 4.78 is 5.98. The molecule has 3 aromatic rings. The first-order chi connectivity index (χ1) is 12.6. The molecular weight excluding hydrogens is 326 g/mol. The normalized spacial score (nSPS) is 10.4. The molecule has 0 fully saturated rings. The van der Waals surface area contributed by atoms with E-state index >= 15 is 0 Å². The molecule has 0 radical (unpaired) electrons. The number of benzene rings is 2. The molecule has 1 heterocycles. The van der Waals surface area contributed by atoms with E-state index in [9.17, 15) is 4.79 Å². The van der Waals surface area contributed by atoms with Crippen LogP contribution in [0.1, 0.15) is 28.5 Å². The molecule has 132 valence electrons. The first-order valence-corrected chi connectivity index (χ1v) is 8.47. The Kier molecular flexibility index (Phi) is 5.17. The van der Waals surface area contributed by atoms with E-state index in [2.05, 4.69) is 17.2 Å². The lowest BCUT2D eigenvalue weighted by atomic mass is 10.1. The maximum absolute atomic E-state index is 12.4. The summed E-state index contributed by atoms with van der Waals surface area (Å²) in [7, 11) is 0. The topological polar surface area (TPSA) is 77.2 Å². The molecule has 1 amide bonds. The van der Waals surface area contributed by atoms with Crippen LogP contribution in [0.25, 0.3) is 0 Å². The summed E-state index contributed by atoms with van der Waals surface area (Å²) in [6, 6.07) is 18.6. The molecule has 1 aromatic heterocycles. The molecule has 2 aromatic carbocycles. The Labute approximate surface area is 152 Å². The van der Waals surface area contributed by atoms with Crippen molar-refractivity contribution >= 4 is 17.4 Å². The summed E-state index contributed by atoms with van der Waals surface area (Å²) in [6.07, 6.45) is 0.881. The van der Waals surface area contributed by atoms with Crippen LogP contribution >= 0.6 is 0 Å². The number of amides is 1. The van der Waals surface area contributed by atoms with Crippen LogP contribution in [0.3, 0.4) is 0 Å². The van der Waals surface area contributed by atoms with E-state index in [0.717, 1.165) is 23.4 Å². The van der Waals surface area contributed by atoms with Crippen molar-refractivity contribution in [3.05, 3.63) is 77.5 Å². The van der Waals surface area contributed by atoms with Crippen molar-refractivity contribution < 1.29 is 9.53 Å². The van der Waals surface area contributed by atoms with Gasteiger partial charge in [0.05, 0.1) is 5.56 Å². The third-order valence-electron chi connectivity index (χ3n) is 3.98. The second-order valence-electron chi connectivity index (χ2n) is 5.93. The fourth-order valence-corrected chi connectivity index (χ4v) is 2.63. The number of pyridine rings is 1. The predicted molar refractivity (Wildman–Crippen MR) is 104 cm³/mol. The maximum atomic E-state index is 12.4. The molecule has 26 heavy (non-hydrogen) atoms. The van der Waals surface area contributed by atoms with Gasteiger partial charge in [0, 0.05) is 17.4 Å². The molecule has 0 spiro atoms. The van der Waals surface area contributed by atoms with E-state index in [1.165, 1.54) is 0 Å². The van der Waals surface area contributed by atoms with Crippen molar-refractivity contribution in [3.63, 3.8) is 0 Å². The van der Waals surface area contributed by atoms with Gasteiger partial charge in [-0.3, -0.25) is 4.79 Å². The number of aromatic nitrogens is 1. The van der Waals surface area contributed by atoms with Crippen molar-refractivity contribution in [3.8, 4) is 11.5 Å². The molecule has 3 N–H and O–H groups in total. The lowest BCUT2D eigenvalue weighted by molar-refractivity contribution is 0.102. The van der Waals surface area contributed by atoms with Gasteiger partial charge in [-0.2, -0.15) is 0 Å². The highest BCUT2D eigenvalue weighted by Crippen LogP contribution is 2.27. The number of anilines is 2. The van der Waals surface area contributed by atoms with E-state index in [4.69, 9.17) is 10.5 Å². The number of carbonyl (C=O) groups is 1. The lowest BCUT2D eigenvalue weighted by Crippen LogP contribution is -2.15. The second-order valence-corrected chi connectivity index (χ2v) is 5.93. The Balaban J connectivity index is 1.78. The van der Waals surface area contributed by atoms with Crippen molar-refractivity contribution in [1.29, 1.82) is 0 Å². The quantitative estimate of drug-likeness (QED) is 0.708. The summed E-state index contributed by atoms with van der Waals surface area (Å²) in [4.78, 5) is 16.6. The summed E-state index contributed by atoms with van der Waals surface area (Å²) in [5.41, 5.74) is 8.71. The van der Waals surface area contributed by atoms with E-state index in [-0.39, 0.29) is 11.7 Å². The zero-order chi connectivity index (χ0) is 18.5. The highest BCUT2D eigenvalue weighted by molar-refractivity contribution is 6.07. The Morgan fingerprint density at radius 1 is 1.12 bits per heavy atom. The van der Waals surface area contributed by atoms with Gasteiger partial charge in [-0.1, -0.05) is 31.2 Å². The SMILES string of the molecule is CCc1ccccc1Oc1cccc(NC(=O)c2ccc(C)nc2N)c1. The van der Waals surface area contributed by atoms with E-state index < -0.39 is 0 Å². The standard InChI is InChI=1S/C21H21N3O2/c1-3-15-7-4-5-10-19(15)26-17-9-6-8-16(13-17)24-21(25)18-12-11-14(2)23-20(18)22/h4-13H,3H2,1-2H3,(H2,22,23)(H,24,25). The molecule has 0 aliphatic rings. The van der Waals surface area contributed by atoms with Crippen molar-refractivity contribution in [2.24, 2.45) is 0 Å². The average molecular weight is 347 g/mol. The third kappa shape index (κ3) is 4.00. The fourth-order valence-electron chi connectivity index (χ4n) is 2.63. The van der Waals surface area contributed by atoms with Gasteiger partial charge in [0.15, 0.2) is 0 Å². The van der Waals surface area contributed by atoms with E-state index in [1.54, 1.807) is 24.3 Å².